The largest absolute Gasteiger partial charge is 0.313 e. The molecule has 0 aromatic heterocycles. The predicted molar refractivity (Wildman–Crippen MR) is 110 cm³/mol. The number of nitrogens with zero attached hydrogens (tertiary/aromatic N) is 2. The van der Waals surface area contributed by atoms with Crippen LogP contribution in [0.15, 0.2) is 53.5 Å². The first-order valence-electron chi connectivity index (χ1n) is 8.60. The first-order chi connectivity index (χ1) is 13.3. The number of hydrogen-bond donors (Lipinski definition) is 0. The van der Waals surface area contributed by atoms with Gasteiger partial charge in [-0.25, -0.2) is 12.8 Å². The Balaban J connectivity index is 1.67. The Bertz CT molecular complexity index is 1070. The van der Waals surface area contributed by atoms with Crippen LogP contribution in [-0.2, 0) is 21.1 Å². The first-order valence-corrected chi connectivity index (χ1v) is 11.7. The molecule has 2 fully saturated rings. The zero-order valence-electron chi connectivity index (χ0n) is 14.6. The molecule has 5 nitrogen and oxygen atoms in total. The third-order valence-corrected chi connectivity index (χ3v) is 8.28. The second-order valence-corrected chi connectivity index (χ2v) is 10.4. The van der Waals surface area contributed by atoms with Crippen molar-refractivity contribution >= 4 is 50.0 Å². The molecule has 2 heterocycles. The summed E-state index contributed by atoms with van der Waals surface area (Å²) in [5.74, 6) is -0.999. The minimum atomic E-state index is -3.21. The number of amides is 1. The number of hydrogen-bond acceptors (Lipinski definition) is 4. The minimum Gasteiger partial charge on any atom is -0.313 e. The van der Waals surface area contributed by atoms with E-state index in [1.165, 1.54) is 17.8 Å². The van der Waals surface area contributed by atoms with Gasteiger partial charge in [0, 0.05) is 10.3 Å². The second kappa shape index (κ2) is 7.50. The molecule has 0 bridgehead atoms. The number of thioether (sulfide) groups is 1. The summed E-state index contributed by atoms with van der Waals surface area (Å²) in [4.78, 5) is 18.3. The summed E-state index contributed by atoms with van der Waals surface area (Å²) in [7, 11) is -3.21. The summed E-state index contributed by atoms with van der Waals surface area (Å²) in [5.41, 5.74) is 0.880. The van der Waals surface area contributed by atoms with Crippen molar-refractivity contribution in [3.63, 3.8) is 0 Å². The molecule has 146 valence electrons. The number of benzene rings is 2. The molecule has 2 atom stereocenters. The van der Waals surface area contributed by atoms with Gasteiger partial charge in [-0.1, -0.05) is 53.7 Å². The third kappa shape index (κ3) is 3.81. The molecule has 0 spiro atoms. The Morgan fingerprint density at radius 3 is 2.64 bits per heavy atom. The molecule has 0 saturated carbocycles. The number of sulfone groups is 1. The van der Waals surface area contributed by atoms with Crippen molar-refractivity contribution in [2.24, 2.45) is 4.99 Å². The van der Waals surface area contributed by atoms with Gasteiger partial charge >= 0.3 is 0 Å². The van der Waals surface area contributed by atoms with Crippen molar-refractivity contribution in [1.29, 1.82) is 0 Å². The van der Waals surface area contributed by atoms with Gasteiger partial charge in [-0.2, -0.15) is 4.99 Å². The molecular weight excluding hydrogens is 423 g/mol. The van der Waals surface area contributed by atoms with E-state index in [9.17, 15) is 17.6 Å². The Morgan fingerprint density at radius 1 is 1.18 bits per heavy atom. The maximum atomic E-state index is 14.4. The van der Waals surface area contributed by atoms with E-state index in [-0.39, 0.29) is 28.9 Å². The van der Waals surface area contributed by atoms with Gasteiger partial charge < -0.3 is 4.90 Å². The molecule has 9 heteroatoms. The van der Waals surface area contributed by atoms with Gasteiger partial charge in [0.25, 0.3) is 5.91 Å². The summed E-state index contributed by atoms with van der Waals surface area (Å²) in [6, 6.07) is 12.7. The minimum absolute atomic E-state index is 0.00892. The van der Waals surface area contributed by atoms with Crippen LogP contribution in [0, 0.1) is 5.82 Å². The van der Waals surface area contributed by atoms with E-state index in [1.54, 1.807) is 47.4 Å². The standard InChI is InChI=1S/C19H16ClFN2O3S2/c20-13-6-2-1-5-12(13)9-18(24)22-19-23(15-8-4-3-7-14(15)21)16-10-28(25,26)11-17(16)27-19/h1-8,16-17H,9-11H2/t16-,17-/m0/s1. The zero-order valence-corrected chi connectivity index (χ0v) is 17.0. The number of anilines is 1. The smallest absolute Gasteiger partial charge is 0.252 e. The van der Waals surface area contributed by atoms with Crippen molar-refractivity contribution in [2.45, 2.75) is 17.7 Å². The highest BCUT2D eigenvalue weighted by Crippen LogP contribution is 2.41. The normalized spacial score (nSPS) is 24.5. The topological polar surface area (TPSA) is 66.8 Å². The quantitative estimate of drug-likeness (QED) is 0.735. The second-order valence-electron chi connectivity index (χ2n) is 6.68. The molecule has 0 N–H and O–H groups in total. The average Bonchev–Trinajstić information content (AvgIpc) is 3.08. The maximum Gasteiger partial charge on any atom is 0.252 e. The lowest BCUT2D eigenvalue weighted by atomic mass is 10.1. The van der Waals surface area contributed by atoms with Gasteiger partial charge in [-0.3, -0.25) is 4.79 Å². The van der Waals surface area contributed by atoms with Crippen LogP contribution in [0.25, 0.3) is 0 Å². The molecule has 2 aromatic rings. The van der Waals surface area contributed by atoms with Crippen molar-refractivity contribution in [2.75, 3.05) is 16.4 Å². The van der Waals surface area contributed by atoms with E-state index in [1.807, 2.05) is 0 Å². The molecule has 0 aliphatic carbocycles. The highest BCUT2D eigenvalue weighted by molar-refractivity contribution is 8.16. The Kier molecular flexibility index (Phi) is 5.20. The van der Waals surface area contributed by atoms with E-state index < -0.39 is 27.6 Å². The highest BCUT2D eigenvalue weighted by Gasteiger charge is 2.49. The van der Waals surface area contributed by atoms with Gasteiger partial charge in [0.15, 0.2) is 15.0 Å². The van der Waals surface area contributed by atoms with Crippen LogP contribution in [0.3, 0.4) is 0 Å². The summed E-state index contributed by atoms with van der Waals surface area (Å²) in [6.07, 6.45) is 0.0163. The lowest BCUT2D eigenvalue weighted by Crippen LogP contribution is -2.38. The van der Waals surface area contributed by atoms with E-state index in [2.05, 4.69) is 4.99 Å². The molecule has 4 rings (SSSR count). The summed E-state index contributed by atoms with van der Waals surface area (Å²) >= 11 is 7.32. The van der Waals surface area contributed by atoms with E-state index >= 15 is 0 Å². The van der Waals surface area contributed by atoms with Gasteiger partial charge in [0.1, 0.15) is 5.82 Å². The lowest BCUT2D eigenvalue weighted by molar-refractivity contribution is -0.117. The molecule has 0 unspecified atom stereocenters. The van der Waals surface area contributed by atoms with Gasteiger partial charge in [-0.05, 0) is 23.8 Å². The first kappa shape index (κ1) is 19.4. The van der Waals surface area contributed by atoms with E-state index in [0.717, 1.165) is 0 Å². The third-order valence-electron chi connectivity index (χ3n) is 4.70. The summed E-state index contributed by atoms with van der Waals surface area (Å²) in [5, 5.41) is 0.521. The van der Waals surface area contributed by atoms with Crippen LogP contribution < -0.4 is 4.90 Å². The van der Waals surface area contributed by atoms with E-state index in [4.69, 9.17) is 11.6 Å². The lowest BCUT2D eigenvalue weighted by Gasteiger charge is -2.24. The summed E-state index contributed by atoms with van der Waals surface area (Å²) in [6.45, 7) is 0. The van der Waals surface area contributed by atoms with Crippen molar-refractivity contribution in [1.82, 2.24) is 0 Å². The van der Waals surface area contributed by atoms with Crippen LogP contribution in [0.5, 0.6) is 0 Å². The number of carbonyl (C=O) groups is 1. The molecule has 2 aliphatic rings. The molecule has 2 saturated heterocycles. The molecule has 28 heavy (non-hydrogen) atoms. The Morgan fingerprint density at radius 2 is 1.89 bits per heavy atom. The number of rotatable bonds is 3. The van der Waals surface area contributed by atoms with Gasteiger partial charge in [0.2, 0.25) is 0 Å². The van der Waals surface area contributed by atoms with Gasteiger partial charge in [0.05, 0.1) is 29.7 Å². The molecule has 0 radical (unpaired) electrons. The monoisotopic (exact) mass is 438 g/mol. The fourth-order valence-electron chi connectivity index (χ4n) is 3.44. The van der Waals surface area contributed by atoms with Crippen LogP contribution in [0.2, 0.25) is 5.02 Å². The number of carbonyl (C=O) groups excluding carboxylic acids is 1. The highest BCUT2D eigenvalue weighted by atomic mass is 35.5. The number of halogens is 2. The fourth-order valence-corrected chi connectivity index (χ4v) is 7.57. The van der Waals surface area contributed by atoms with E-state index in [0.29, 0.717) is 15.8 Å². The number of para-hydroxylation sites is 1. The maximum absolute atomic E-state index is 14.4. The predicted octanol–water partition coefficient (Wildman–Crippen LogP) is 3.32. The number of aliphatic imine (C=N–C) groups is 1. The van der Waals surface area contributed by atoms with Crippen LogP contribution in [0.4, 0.5) is 10.1 Å². The van der Waals surface area contributed by atoms with Crippen molar-refractivity contribution in [3.05, 3.63) is 64.9 Å². The van der Waals surface area contributed by atoms with Crippen LogP contribution in [0.1, 0.15) is 5.56 Å². The van der Waals surface area contributed by atoms with Crippen LogP contribution in [-0.4, -0.2) is 42.3 Å². The summed E-state index contributed by atoms with van der Waals surface area (Å²) < 4.78 is 38.6. The molecular formula is C19H16ClFN2O3S2. The Hall–Kier alpha value is -1.90. The average molecular weight is 439 g/mol. The molecule has 2 aliphatic heterocycles. The molecule has 2 aromatic carbocycles. The molecule has 1 amide bonds. The SMILES string of the molecule is O=C(Cc1ccccc1Cl)N=C1S[C@H]2CS(=O)(=O)C[C@@H]2N1c1ccccc1F. The zero-order chi connectivity index (χ0) is 19.9. The number of amidine groups is 1. The van der Waals surface area contributed by atoms with Crippen molar-refractivity contribution in [3.8, 4) is 0 Å². The van der Waals surface area contributed by atoms with Crippen LogP contribution >= 0.6 is 23.4 Å². The fraction of sp³-hybridized carbons (Fsp3) is 0.263. The Labute approximate surface area is 171 Å². The van der Waals surface area contributed by atoms with Gasteiger partial charge in [-0.15, -0.1) is 0 Å². The van der Waals surface area contributed by atoms with Crippen molar-refractivity contribution < 1.29 is 17.6 Å². The number of fused-ring (bicyclic) bond motifs is 1.